The minimum atomic E-state index is -0.0918. The van der Waals surface area contributed by atoms with Gasteiger partial charge in [-0.3, -0.25) is 0 Å². The lowest BCUT2D eigenvalue weighted by Crippen LogP contribution is -1.84. The molecule has 108 valence electrons. The zero-order chi connectivity index (χ0) is 14.9. The first-order chi connectivity index (χ1) is 10.8. The molecule has 3 aromatic heterocycles. The van der Waals surface area contributed by atoms with Crippen molar-refractivity contribution >= 4 is 5.65 Å². The van der Waals surface area contributed by atoms with E-state index in [1.54, 1.807) is 6.07 Å². The molecule has 0 aliphatic rings. The molecule has 0 spiro atoms. The maximum atomic E-state index is 9.09. The lowest BCUT2D eigenvalue weighted by atomic mass is 10.2. The quantitative estimate of drug-likeness (QED) is 0.625. The second kappa shape index (κ2) is 5.16. The lowest BCUT2D eigenvalue weighted by molar-refractivity contribution is 0.248. The van der Waals surface area contributed by atoms with Crippen LogP contribution in [0.5, 0.6) is 0 Å². The zero-order valence-corrected chi connectivity index (χ0v) is 11.8. The van der Waals surface area contributed by atoms with Gasteiger partial charge in [-0.2, -0.15) is 0 Å². The topological polar surface area (TPSA) is 50.7 Å². The Labute approximate surface area is 127 Å². The molecule has 1 aromatic carbocycles. The van der Waals surface area contributed by atoms with E-state index in [1.165, 1.54) is 0 Å². The number of aliphatic hydroxyl groups is 1. The molecule has 0 aliphatic heterocycles. The van der Waals surface area contributed by atoms with Crippen LogP contribution < -0.4 is 0 Å². The number of imidazole rings is 1. The van der Waals surface area contributed by atoms with Gasteiger partial charge in [0.2, 0.25) is 0 Å². The molecule has 0 amide bonds. The first-order valence-corrected chi connectivity index (χ1v) is 7.07. The summed E-state index contributed by atoms with van der Waals surface area (Å²) in [7, 11) is 0. The van der Waals surface area contributed by atoms with Crippen LogP contribution >= 0.6 is 0 Å². The highest BCUT2D eigenvalue weighted by Gasteiger charge is 2.08. The highest BCUT2D eigenvalue weighted by molar-refractivity contribution is 5.65. The summed E-state index contributed by atoms with van der Waals surface area (Å²) in [5, 5.41) is 9.09. The summed E-state index contributed by atoms with van der Waals surface area (Å²) in [6, 6.07) is 17.7. The molecular weight excluding hydrogens is 276 g/mol. The predicted molar refractivity (Wildman–Crippen MR) is 84.3 cm³/mol. The van der Waals surface area contributed by atoms with Crippen molar-refractivity contribution in [1.29, 1.82) is 0 Å². The summed E-state index contributed by atoms with van der Waals surface area (Å²) >= 11 is 0. The van der Waals surface area contributed by atoms with E-state index in [0.717, 1.165) is 28.2 Å². The summed E-state index contributed by atoms with van der Waals surface area (Å²) in [6.07, 6.45) is 3.98. The number of fused-ring (bicyclic) bond motifs is 1. The maximum absolute atomic E-state index is 9.09. The fourth-order valence-electron chi connectivity index (χ4n) is 2.50. The van der Waals surface area contributed by atoms with Gasteiger partial charge in [0, 0.05) is 23.5 Å². The number of hydrogen-bond acceptors (Lipinski definition) is 3. The van der Waals surface area contributed by atoms with Crippen molar-refractivity contribution in [3.63, 3.8) is 0 Å². The molecule has 0 aliphatic carbocycles. The number of aromatic nitrogens is 2. The molecule has 4 aromatic rings. The minimum absolute atomic E-state index is 0.0918. The second-order valence-corrected chi connectivity index (χ2v) is 5.10. The fraction of sp³-hybridized carbons (Fsp3) is 0.0556. The van der Waals surface area contributed by atoms with E-state index < -0.39 is 0 Å². The van der Waals surface area contributed by atoms with Crippen molar-refractivity contribution in [2.24, 2.45) is 0 Å². The number of nitrogens with zero attached hydrogens (tertiary/aromatic N) is 2. The van der Waals surface area contributed by atoms with Gasteiger partial charge in [-0.05, 0) is 24.3 Å². The normalized spacial score (nSPS) is 11.1. The van der Waals surface area contributed by atoms with Gasteiger partial charge in [-0.25, -0.2) is 4.98 Å². The fourth-order valence-corrected chi connectivity index (χ4v) is 2.50. The summed E-state index contributed by atoms with van der Waals surface area (Å²) in [5.41, 5.74) is 3.86. The lowest BCUT2D eigenvalue weighted by Gasteiger charge is -1.98. The first-order valence-electron chi connectivity index (χ1n) is 7.07. The highest BCUT2D eigenvalue weighted by Crippen LogP contribution is 2.24. The van der Waals surface area contributed by atoms with Crippen LogP contribution in [-0.2, 0) is 6.61 Å². The van der Waals surface area contributed by atoms with E-state index in [0.29, 0.717) is 5.76 Å². The van der Waals surface area contributed by atoms with Gasteiger partial charge in [0.15, 0.2) is 0 Å². The van der Waals surface area contributed by atoms with E-state index >= 15 is 0 Å². The van der Waals surface area contributed by atoms with E-state index in [4.69, 9.17) is 9.52 Å². The maximum Gasteiger partial charge on any atom is 0.137 e. The third kappa shape index (κ3) is 2.19. The summed E-state index contributed by atoms with van der Waals surface area (Å²) < 4.78 is 7.56. The molecule has 0 unspecified atom stereocenters. The highest BCUT2D eigenvalue weighted by atomic mass is 16.4. The zero-order valence-electron chi connectivity index (χ0n) is 11.8. The van der Waals surface area contributed by atoms with E-state index in [1.807, 2.05) is 65.3 Å². The SMILES string of the molecule is OCc1ccc(-c2ccc3nc(-c4ccccc4)cn3c2)o1. The van der Waals surface area contributed by atoms with Gasteiger partial charge >= 0.3 is 0 Å². The molecule has 0 saturated heterocycles. The van der Waals surface area contributed by atoms with Crippen molar-refractivity contribution in [2.45, 2.75) is 6.61 Å². The first kappa shape index (κ1) is 12.9. The van der Waals surface area contributed by atoms with Gasteiger partial charge in [0.1, 0.15) is 23.8 Å². The molecule has 4 rings (SSSR count). The molecule has 22 heavy (non-hydrogen) atoms. The molecule has 4 nitrogen and oxygen atoms in total. The van der Waals surface area contributed by atoms with Crippen molar-refractivity contribution in [1.82, 2.24) is 9.38 Å². The third-order valence-corrected chi connectivity index (χ3v) is 3.62. The number of hydrogen-bond donors (Lipinski definition) is 1. The van der Waals surface area contributed by atoms with Crippen LogP contribution in [-0.4, -0.2) is 14.5 Å². The third-order valence-electron chi connectivity index (χ3n) is 3.62. The Morgan fingerprint density at radius 3 is 2.55 bits per heavy atom. The van der Waals surface area contributed by atoms with Crippen LogP contribution in [0.1, 0.15) is 5.76 Å². The van der Waals surface area contributed by atoms with Crippen molar-refractivity contribution < 1.29 is 9.52 Å². The van der Waals surface area contributed by atoms with Crippen LogP contribution in [0, 0.1) is 0 Å². The van der Waals surface area contributed by atoms with Crippen molar-refractivity contribution in [3.05, 3.63) is 72.8 Å². The number of pyridine rings is 1. The average molecular weight is 290 g/mol. The van der Waals surface area contributed by atoms with Gasteiger partial charge in [-0.15, -0.1) is 0 Å². The molecule has 1 N–H and O–H groups in total. The van der Waals surface area contributed by atoms with Gasteiger partial charge < -0.3 is 13.9 Å². The number of aliphatic hydroxyl groups excluding tert-OH is 1. The van der Waals surface area contributed by atoms with Crippen LogP contribution in [0.2, 0.25) is 0 Å². The summed E-state index contributed by atoms with van der Waals surface area (Å²) in [4.78, 5) is 4.63. The number of rotatable bonds is 3. The number of furan rings is 1. The number of benzene rings is 1. The van der Waals surface area contributed by atoms with E-state index in [-0.39, 0.29) is 6.61 Å². The second-order valence-electron chi connectivity index (χ2n) is 5.10. The smallest absolute Gasteiger partial charge is 0.137 e. The summed E-state index contributed by atoms with van der Waals surface area (Å²) in [6.45, 7) is -0.0918. The van der Waals surface area contributed by atoms with Gasteiger partial charge in [0.05, 0.1) is 5.69 Å². The predicted octanol–water partition coefficient (Wildman–Crippen LogP) is 3.75. The Balaban J connectivity index is 1.78. The van der Waals surface area contributed by atoms with Crippen molar-refractivity contribution in [2.75, 3.05) is 0 Å². The Hall–Kier alpha value is -2.85. The van der Waals surface area contributed by atoms with Crippen LogP contribution in [0.4, 0.5) is 0 Å². The molecule has 0 fully saturated rings. The molecule has 0 saturated carbocycles. The Kier molecular flexibility index (Phi) is 3.02. The Bertz CT molecular complexity index is 923. The Morgan fingerprint density at radius 1 is 0.909 bits per heavy atom. The minimum Gasteiger partial charge on any atom is -0.459 e. The molecule has 0 atom stereocenters. The summed E-state index contributed by atoms with van der Waals surface area (Å²) in [5.74, 6) is 1.30. The average Bonchev–Trinajstić information content (AvgIpc) is 3.21. The van der Waals surface area contributed by atoms with Crippen molar-refractivity contribution in [3.8, 4) is 22.6 Å². The van der Waals surface area contributed by atoms with E-state index in [9.17, 15) is 0 Å². The Morgan fingerprint density at radius 2 is 1.77 bits per heavy atom. The van der Waals surface area contributed by atoms with Crippen LogP contribution in [0.3, 0.4) is 0 Å². The van der Waals surface area contributed by atoms with E-state index in [2.05, 4.69) is 4.98 Å². The van der Waals surface area contributed by atoms with Gasteiger partial charge in [-0.1, -0.05) is 30.3 Å². The molecule has 0 radical (unpaired) electrons. The van der Waals surface area contributed by atoms with Crippen LogP contribution in [0.25, 0.3) is 28.2 Å². The molecular formula is C18H14N2O2. The molecule has 4 heteroatoms. The van der Waals surface area contributed by atoms with Crippen LogP contribution in [0.15, 0.2) is 71.4 Å². The molecule has 3 heterocycles. The monoisotopic (exact) mass is 290 g/mol. The largest absolute Gasteiger partial charge is 0.459 e. The molecule has 0 bridgehead atoms. The van der Waals surface area contributed by atoms with Gasteiger partial charge in [0.25, 0.3) is 0 Å². The standard InChI is InChI=1S/C18H14N2O2/c21-12-15-7-8-17(22-15)14-6-9-18-19-16(11-20(18)10-14)13-4-2-1-3-5-13/h1-11,21H,12H2.